The van der Waals surface area contributed by atoms with Crippen LogP contribution >= 0.6 is 31.9 Å². The van der Waals surface area contributed by atoms with Gasteiger partial charge in [0, 0.05) is 16.4 Å². The number of fused-ring (bicyclic) bond motifs is 1. The Bertz CT molecular complexity index is 657. The highest BCUT2D eigenvalue weighted by Crippen LogP contribution is 2.40. The normalized spacial score (nSPS) is 11.2. The third kappa shape index (κ3) is 3.34. The van der Waals surface area contributed by atoms with Gasteiger partial charge in [0.1, 0.15) is 11.6 Å². The lowest BCUT2D eigenvalue weighted by atomic mass is 10.0. The van der Waals surface area contributed by atoms with E-state index in [0.29, 0.717) is 5.92 Å². The van der Waals surface area contributed by atoms with Crippen LogP contribution in [-0.2, 0) is 0 Å². The first-order chi connectivity index (χ1) is 9.99. The number of anilines is 1. The fourth-order valence-electron chi connectivity index (χ4n) is 2.29. The number of benzene rings is 1. The van der Waals surface area contributed by atoms with Crippen molar-refractivity contribution in [2.45, 2.75) is 33.1 Å². The van der Waals surface area contributed by atoms with E-state index in [-0.39, 0.29) is 0 Å². The van der Waals surface area contributed by atoms with Gasteiger partial charge in [-0.1, -0.05) is 20.8 Å². The zero-order chi connectivity index (χ0) is 15.6. The van der Waals surface area contributed by atoms with E-state index in [4.69, 9.17) is 9.72 Å². The SMILES string of the molecule is CCCNc1nc2c(Br)cc(Br)c(OC)c2cc1C(C)C. The van der Waals surface area contributed by atoms with Crippen LogP contribution in [0.15, 0.2) is 21.1 Å². The number of hydrogen-bond donors (Lipinski definition) is 1. The third-order valence-electron chi connectivity index (χ3n) is 3.36. The number of rotatable bonds is 5. The second-order valence-corrected chi connectivity index (χ2v) is 6.99. The molecule has 0 saturated heterocycles. The molecule has 2 rings (SSSR count). The Labute approximate surface area is 142 Å². The minimum absolute atomic E-state index is 0.392. The molecule has 0 aliphatic heterocycles. The Balaban J connectivity index is 2.73. The van der Waals surface area contributed by atoms with Crippen molar-refractivity contribution < 1.29 is 4.74 Å². The first-order valence-electron chi connectivity index (χ1n) is 7.10. The molecular formula is C16H20Br2N2O. The molecule has 0 amide bonds. The first kappa shape index (κ1) is 16.6. The Hall–Kier alpha value is -0.810. The summed E-state index contributed by atoms with van der Waals surface area (Å²) in [6, 6.07) is 4.16. The predicted octanol–water partition coefficient (Wildman–Crippen LogP) is 5.71. The van der Waals surface area contributed by atoms with Crippen LogP contribution in [-0.4, -0.2) is 18.6 Å². The molecule has 0 radical (unpaired) electrons. The molecule has 0 bridgehead atoms. The molecule has 0 aliphatic carbocycles. The van der Waals surface area contributed by atoms with Gasteiger partial charge in [0.25, 0.3) is 0 Å². The number of aromatic nitrogens is 1. The number of nitrogens with zero attached hydrogens (tertiary/aromatic N) is 1. The molecule has 0 atom stereocenters. The molecule has 114 valence electrons. The largest absolute Gasteiger partial charge is 0.495 e. The topological polar surface area (TPSA) is 34.2 Å². The van der Waals surface area contributed by atoms with Crippen molar-refractivity contribution in [3.63, 3.8) is 0 Å². The molecule has 0 unspecified atom stereocenters. The second kappa shape index (κ2) is 6.97. The van der Waals surface area contributed by atoms with Gasteiger partial charge in [-0.3, -0.25) is 0 Å². The van der Waals surface area contributed by atoms with Crippen LogP contribution < -0.4 is 10.1 Å². The van der Waals surface area contributed by atoms with E-state index in [0.717, 1.165) is 44.4 Å². The summed E-state index contributed by atoms with van der Waals surface area (Å²) in [7, 11) is 1.69. The van der Waals surface area contributed by atoms with Gasteiger partial charge < -0.3 is 10.1 Å². The van der Waals surface area contributed by atoms with Gasteiger partial charge >= 0.3 is 0 Å². The first-order valence-corrected chi connectivity index (χ1v) is 8.68. The van der Waals surface area contributed by atoms with Crippen LogP contribution in [0.2, 0.25) is 0 Å². The maximum Gasteiger partial charge on any atom is 0.142 e. The zero-order valence-electron chi connectivity index (χ0n) is 12.8. The summed E-state index contributed by atoms with van der Waals surface area (Å²) in [6.45, 7) is 7.43. The molecular weight excluding hydrogens is 396 g/mol. The van der Waals surface area contributed by atoms with Gasteiger partial charge in [-0.15, -0.1) is 0 Å². The van der Waals surface area contributed by atoms with Gasteiger partial charge in [0.15, 0.2) is 0 Å². The standard InChI is InChI=1S/C16H20Br2N2O/c1-5-6-19-16-10(9(2)3)7-11-14(20-16)12(17)8-13(18)15(11)21-4/h7-9H,5-6H2,1-4H3,(H,19,20). The van der Waals surface area contributed by atoms with E-state index in [1.807, 2.05) is 6.07 Å². The average Bonchev–Trinajstić information content (AvgIpc) is 2.44. The van der Waals surface area contributed by atoms with Gasteiger partial charge in [-0.25, -0.2) is 4.98 Å². The van der Waals surface area contributed by atoms with Gasteiger partial charge in [-0.05, 0) is 61.9 Å². The van der Waals surface area contributed by atoms with Crippen molar-refractivity contribution in [3.05, 3.63) is 26.6 Å². The highest BCUT2D eigenvalue weighted by atomic mass is 79.9. The third-order valence-corrected chi connectivity index (χ3v) is 4.56. The molecule has 1 N–H and O–H groups in total. The van der Waals surface area contributed by atoms with E-state index < -0.39 is 0 Å². The fraction of sp³-hybridized carbons (Fsp3) is 0.438. The van der Waals surface area contributed by atoms with Gasteiger partial charge in [-0.2, -0.15) is 0 Å². The van der Waals surface area contributed by atoms with E-state index in [9.17, 15) is 0 Å². The fourth-order valence-corrected chi connectivity index (χ4v) is 3.73. The van der Waals surface area contributed by atoms with E-state index in [1.54, 1.807) is 7.11 Å². The average molecular weight is 416 g/mol. The van der Waals surface area contributed by atoms with Crippen LogP contribution in [0.5, 0.6) is 5.75 Å². The predicted molar refractivity (Wildman–Crippen MR) is 96.6 cm³/mol. The summed E-state index contributed by atoms with van der Waals surface area (Å²) in [5, 5.41) is 4.45. The van der Waals surface area contributed by atoms with Crippen LogP contribution in [0.25, 0.3) is 10.9 Å². The molecule has 1 aromatic heterocycles. The van der Waals surface area contributed by atoms with Crippen LogP contribution in [0.1, 0.15) is 38.7 Å². The van der Waals surface area contributed by atoms with Crippen molar-refractivity contribution in [1.82, 2.24) is 4.98 Å². The Morgan fingerprint density at radius 3 is 2.52 bits per heavy atom. The Morgan fingerprint density at radius 1 is 1.24 bits per heavy atom. The number of pyridine rings is 1. The highest BCUT2D eigenvalue weighted by molar-refractivity contribution is 9.11. The number of halogens is 2. The maximum absolute atomic E-state index is 5.54. The summed E-state index contributed by atoms with van der Waals surface area (Å²) < 4.78 is 7.43. The number of nitrogens with one attached hydrogen (secondary N) is 1. The Morgan fingerprint density at radius 2 is 1.95 bits per heavy atom. The quantitative estimate of drug-likeness (QED) is 0.678. The molecule has 0 fully saturated rings. The molecule has 1 heterocycles. The smallest absolute Gasteiger partial charge is 0.142 e. The molecule has 1 aromatic carbocycles. The minimum atomic E-state index is 0.392. The number of ether oxygens (including phenoxy) is 1. The summed E-state index contributed by atoms with van der Waals surface area (Å²) >= 11 is 7.15. The number of hydrogen-bond acceptors (Lipinski definition) is 3. The van der Waals surface area contributed by atoms with Crippen molar-refractivity contribution in [2.75, 3.05) is 19.0 Å². The number of methoxy groups -OCH3 is 1. The Kier molecular flexibility index (Phi) is 5.49. The molecule has 21 heavy (non-hydrogen) atoms. The molecule has 0 saturated carbocycles. The van der Waals surface area contributed by atoms with Crippen LogP contribution in [0, 0.1) is 0 Å². The molecule has 3 nitrogen and oxygen atoms in total. The van der Waals surface area contributed by atoms with Crippen LogP contribution in [0.4, 0.5) is 5.82 Å². The van der Waals surface area contributed by atoms with E-state index in [2.05, 4.69) is 64.0 Å². The van der Waals surface area contributed by atoms with Gasteiger partial charge in [0.05, 0.1) is 17.1 Å². The zero-order valence-corrected chi connectivity index (χ0v) is 15.9. The lowest BCUT2D eigenvalue weighted by molar-refractivity contribution is 0.417. The lowest BCUT2D eigenvalue weighted by Gasteiger charge is -2.17. The van der Waals surface area contributed by atoms with Gasteiger partial charge in [0.2, 0.25) is 0 Å². The summed E-state index contributed by atoms with van der Waals surface area (Å²) in [6.07, 6.45) is 1.07. The molecule has 0 spiro atoms. The molecule has 5 heteroatoms. The van der Waals surface area contributed by atoms with Crippen molar-refractivity contribution in [2.24, 2.45) is 0 Å². The molecule has 2 aromatic rings. The minimum Gasteiger partial charge on any atom is -0.495 e. The van der Waals surface area contributed by atoms with E-state index >= 15 is 0 Å². The van der Waals surface area contributed by atoms with Crippen LogP contribution in [0.3, 0.4) is 0 Å². The van der Waals surface area contributed by atoms with E-state index in [1.165, 1.54) is 5.56 Å². The molecule has 0 aliphatic rings. The van der Waals surface area contributed by atoms with Crippen molar-refractivity contribution >= 4 is 48.6 Å². The maximum atomic E-state index is 5.54. The summed E-state index contributed by atoms with van der Waals surface area (Å²) in [4.78, 5) is 4.82. The summed E-state index contributed by atoms with van der Waals surface area (Å²) in [5.74, 6) is 2.18. The summed E-state index contributed by atoms with van der Waals surface area (Å²) in [5.41, 5.74) is 2.12. The lowest BCUT2D eigenvalue weighted by Crippen LogP contribution is -2.07. The van der Waals surface area contributed by atoms with Crippen molar-refractivity contribution in [1.29, 1.82) is 0 Å². The highest BCUT2D eigenvalue weighted by Gasteiger charge is 2.16. The van der Waals surface area contributed by atoms with Crippen molar-refractivity contribution in [3.8, 4) is 5.75 Å². The second-order valence-electron chi connectivity index (χ2n) is 5.28. The monoisotopic (exact) mass is 414 g/mol.